The third-order valence-electron chi connectivity index (χ3n) is 4.89. The van der Waals surface area contributed by atoms with E-state index in [-0.39, 0.29) is 6.04 Å². The molecule has 4 rings (SSSR count). The second-order valence-electron chi connectivity index (χ2n) is 7.19. The molecule has 7 nitrogen and oxygen atoms in total. The Labute approximate surface area is 196 Å². The number of carboxylic acid groups (broad SMARTS) is 2. The van der Waals surface area contributed by atoms with Gasteiger partial charge in [-0.05, 0) is 47.4 Å². The SMILES string of the molecule is Clc1ccc(C(NCCc2ccc3c(c2)OCCO3)c2ccccc2)cc1.O=C(O)C(=O)O. The van der Waals surface area contributed by atoms with E-state index in [1.54, 1.807) is 0 Å². The summed E-state index contributed by atoms with van der Waals surface area (Å²) in [4.78, 5) is 18.2. The quantitative estimate of drug-likeness (QED) is 0.465. The molecular formula is C25H24ClNO6. The van der Waals surface area contributed by atoms with Crippen LogP contribution in [-0.4, -0.2) is 41.9 Å². The zero-order chi connectivity index (χ0) is 23.6. The Morgan fingerprint density at radius 1 is 0.848 bits per heavy atom. The molecule has 33 heavy (non-hydrogen) atoms. The van der Waals surface area contributed by atoms with E-state index in [4.69, 9.17) is 40.9 Å². The van der Waals surface area contributed by atoms with Crippen LogP contribution in [0.2, 0.25) is 5.02 Å². The molecule has 1 aliphatic heterocycles. The van der Waals surface area contributed by atoms with Gasteiger partial charge in [-0.25, -0.2) is 9.59 Å². The summed E-state index contributed by atoms with van der Waals surface area (Å²) in [7, 11) is 0. The first-order chi connectivity index (χ1) is 15.9. The lowest BCUT2D eigenvalue weighted by molar-refractivity contribution is -0.159. The van der Waals surface area contributed by atoms with Crippen LogP contribution in [0.3, 0.4) is 0 Å². The molecule has 0 spiro atoms. The smallest absolute Gasteiger partial charge is 0.414 e. The summed E-state index contributed by atoms with van der Waals surface area (Å²) in [6.07, 6.45) is 0.910. The van der Waals surface area contributed by atoms with Crippen molar-refractivity contribution >= 4 is 23.5 Å². The van der Waals surface area contributed by atoms with E-state index in [1.165, 1.54) is 16.7 Å². The molecule has 3 aromatic carbocycles. The van der Waals surface area contributed by atoms with Gasteiger partial charge in [-0.2, -0.15) is 0 Å². The minimum atomic E-state index is -1.82. The van der Waals surface area contributed by atoms with Crippen LogP contribution in [0.4, 0.5) is 0 Å². The number of rotatable bonds is 6. The molecular weight excluding hydrogens is 446 g/mol. The highest BCUT2D eigenvalue weighted by molar-refractivity contribution is 6.30. The Balaban J connectivity index is 0.000000454. The molecule has 0 saturated carbocycles. The van der Waals surface area contributed by atoms with Gasteiger partial charge >= 0.3 is 11.9 Å². The predicted molar refractivity (Wildman–Crippen MR) is 124 cm³/mol. The van der Waals surface area contributed by atoms with E-state index in [9.17, 15) is 0 Å². The molecule has 0 amide bonds. The largest absolute Gasteiger partial charge is 0.486 e. The number of fused-ring (bicyclic) bond motifs is 1. The summed E-state index contributed by atoms with van der Waals surface area (Å²) in [5.74, 6) is -1.97. The molecule has 0 fully saturated rings. The Hall–Kier alpha value is -3.55. The van der Waals surface area contributed by atoms with Gasteiger partial charge in [0, 0.05) is 11.6 Å². The molecule has 0 aromatic heterocycles. The monoisotopic (exact) mass is 469 g/mol. The van der Waals surface area contributed by atoms with Crippen molar-refractivity contribution in [3.05, 3.63) is 94.5 Å². The fourth-order valence-corrected chi connectivity index (χ4v) is 3.46. The van der Waals surface area contributed by atoms with Crippen LogP contribution in [0, 0.1) is 0 Å². The number of aliphatic carboxylic acids is 2. The molecule has 3 N–H and O–H groups in total. The van der Waals surface area contributed by atoms with E-state index in [1.807, 2.05) is 24.3 Å². The van der Waals surface area contributed by atoms with Gasteiger partial charge in [0.05, 0.1) is 6.04 Å². The second-order valence-corrected chi connectivity index (χ2v) is 7.62. The Morgan fingerprint density at radius 3 is 2.09 bits per heavy atom. The van der Waals surface area contributed by atoms with Gasteiger partial charge in [0.25, 0.3) is 0 Å². The topological polar surface area (TPSA) is 105 Å². The summed E-state index contributed by atoms with van der Waals surface area (Å²) < 4.78 is 11.3. The molecule has 8 heteroatoms. The van der Waals surface area contributed by atoms with Crippen LogP contribution < -0.4 is 14.8 Å². The van der Waals surface area contributed by atoms with Gasteiger partial charge in [-0.1, -0.05) is 60.1 Å². The number of carbonyl (C=O) groups is 2. The van der Waals surface area contributed by atoms with Crippen LogP contribution in [0.1, 0.15) is 22.7 Å². The van der Waals surface area contributed by atoms with Crippen molar-refractivity contribution in [3.8, 4) is 11.5 Å². The minimum absolute atomic E-state index is 0.126. The average molecular weight is 470 g/mol. The lowest BCUT2D eigenvalue weighted by Crippen LogP contribution is -2.24. The van der Waals surface area contributed by atoms with Crippen LogP contribution in [0.15, 0.2) is 72.8 Å². The maximum atomic E-state index is 9.10. The minimum Gasteiger partial charge on any atom is -0.486 e. The number of benzene rings is 3. The molecule has 1 aliphatic rings. The maximum Gasteiger partial charge on any atom is 0.414 e. The third kappa shape index (κ3) is 7.24. The first kappa shape index (κ1) is 24.1. The molecule has 172 valence electrons. The number of halogens is 1. The standard InChI is InChI=1S/C23H22ClNO2.C2H2O4/c24-20-9-7-19(8-10-20)23(18-4-2-1-3-5-18)25-13-12-17-6-11-21-22(16-17)27-15-14-26-21;3-1(4)2(5)6/h1-11,16,23,25H,12-15H2;(H,3,4)(H,5,6). The van der Waals surface area contributed by atoms with E-state index in [2.05, 4.69) is 53.8 Å². The third-order valence-corrected chi connectivity index (χ3v) is 5.14. The van der Waals surface area contributed by atoms with Crippen LogP contribution in [0.5, 0.6) is 11.5 Å². The second kappa shape index (κ2) is 11.9. The lowest BCUT2D eigenvalue weighted by atomic mass is 9.98. The normalized spacial score (nSPS) is 12.8. The zero-order valence-corrected chi connectivity index (χ0v) is 18.5. The molecule has 0 saturated heterocycles. The molecule has 1 atom stereocenters. The van der Waals surface area contributed by atoms with Crippen LogP contribution >= 0.6 is 11.6 Å². The lowest BCUT2D eigenvalue weighted by Gasteiger charge is -2.21. The molecule has 0 radical (unpaired) electrons. The highest BCUT2D eigenvalue weighted by atomic mass is 35.5. The molecule has 3 aromatic rings. The zero-order valence-electron chi connectivity index (χ0n) is 17.7. The van der Waals surface area contributed by atoms with E-state index >= 15 is 0 Å². The van der Waals surface area contributed by atoms with E-state index < -0.39 is 11.9 Å². The Bertz CT molecular complexity index is 1060. The number of hydrogen-bond acceptors (Lipinski definition) is 5. The molecule has 0 aliphatic carbocycles. The summed E-state index contributed by atoms with van der Waals surface area (Å²) in [6.45, 7) is 2.08. The van der Waals surface area contributed by atoms with Gasteiger partial charge in [0.2, 0.25) is 0 Å². The van der Waals surface area contributed by atoms with Gasteiger partial charge in [-0.15, -0.1) is 0 Å². The summed E-state index contributed by atoms with van der Waals surface area (Å²) in [6, 6.07) is 24.8. The van der Waals surface area contributed by atoms with Gasteiger partial charge in [0.1, 0.15) is 13.2 Å². The van der Waals surface area contributed by atoms with Gasteiger partial charge in [-0.3, -0.25) is 0 Å². The van der Waals surface area contributed by atoms with Crippen molar-refractivity contribution in [2.45, 2.75) is 12.5 Å². The van der Waals surface area contributed by atoms with Crippen molar-refractivity contribution in [2.75, 3.05) is 19.8 Å². The van der Waals surface area contributed by atoms with Crippen molar-refractivity contribution in [3.63, 3.8) is 0 Å². The van der Waals surface area contributed by atoms with Crippen LogP contribution in [0.25, 0.3) is 0 Å². The van der Waals surface area contributed by atoms with Gasteiger partial charge < -0.3 is 25.0 Å². The summed E-state index contributed by atoms with van der Waals surface area (Å²) in [5.41, 5.74) is 3.67. The van der Waals surface area contributed by atoms with Crippen molar-refractivity contribution < 1.29 is 29.3 Å². The first-order valence-electron chi connectivity index (χ1n) is 10.3. The Morgan fingerprint density at radius 2 is 1.45 bits per heavy atom. The van der Waals surface area contributed by atoms with Crippen molar-refractivity contribution in [1.82, 2.24) is 5.32 Å². The van der Waals surface area contributed by atoms with E-state index in [0.29, 0.717) is 13.2 Å². The van der Waals surface area contributed by atoms with Crippen molar-refractivity contribution in [1.29, 1.82) is 0 Å². The fourth-order valence-electron chi connectivity index (χ4n) is 3.33. The van der Waals surface area contributed by atoms with Gasteiger partial charge in [0.15, 0.2) is 11.5 Å². The van der Waals surface area contributed by atoms with E-state index in [0.717, 1.165) is 29.5 Å². The van der Waals surface area contributed by atoms with Crippen molar-refractivity contribution in [2.24, 2.45) is 0 Å². The summed E-state index contributed by atoms with van der Waals surface area (Å²) in [5, 5.41) is 19.2. The fraction of sp³-hybridized carbons (Fsp3) is 0.200. The Kier molecular flexibility index (Phi) is 8.69. The van der Waals surface area contributed by atoms with Crippen LogP contribution in [-0.2, 0) is 16.0 Å². The number of hydrogen-bond donors (Lipinski definition) is 3. The molecule has 0 bridgehead atoms. The maximum absolute atomic E-state index is 9.10. The highest BCUT2D eigenvalue weighted by Crippen LogP contribution is 2.31. The number of carboxylic acids is 2. The molecule has 1 unspecified atom stereocenters. The first-order valence-corrected chi connectivity index (χ1v) is 10.7. The predicted octanol–water partition coefficient (Wildman–Crippen LogP) is 4.19. The highest BCUT2D eigenvalue weighted by Gasteiger charge is 2.15. The number of nitrogens with one attached hydrogen (secondary N) is 1. The summed E-state index contributed by atoms with van der Waals surface area (Å²) >= 11 is 6.06. The number of ether oxygens (including phenoxy) is 2. The molecule has 1 heterocycles. The average Bonchev–Trinajstić information content (AvgIpc) is 2.83.